The van der Waals surface area contributed by atoms with Gasteiger partial charge >= 0.3 is 0 Å². The number of nitrogens with zero attached hydrogens (tertiary/aromatic N) is 2. The van der Waals surface area contributed by atoms with Crippen LogP contribution in [0.5, 0.6) is 0 Å². The van der Waals surface area contributed by atoms with Crippen LogP contribution in [-0.2, 0) is 0 Å². The summed E-state index contributed by atoms with van der Waals surface area (Å²) in [4.78, 5) is 5.30. The van der Waals surface area contributed by atoms with Crippen molar-refractivity contribution in [2.45, 2.75) is 0 Å². The van der Waals surface area contributed by atoms with E-state index in [1.54, 1.807) is 0 Å². The molecule has 0 bridgehead atoms. The minimum absolute atomic E-state index is 0.187. The van der Waals surface area contributed by atoms with Gasteiger partial charge in [-0.3, -0.25) is 0 Å². The predicted octanol–water partition coefficient (Wildman–Crippen LogP) is 21.4. The third-order valence-electron chi connectivity index (χ3n) is 18.4. The molecule has 0 aromatic heterocycles. The summed E-state index contributed by atoms with van der Waals surface area (Å²) in [5.41, 5.74) is 29.1. The van der Waals surface area contributed by atoms with Crippen molar-refractivity contribution in [3.05, 3.63) is 346 Å². The molecule has 2 heterocycles. The molecule has 2 aliphatic heterocycles. The third kappa shape index (κ3) is 8.89. The summed E-state index contributed by atoms with van der Waals surface area (Å²) in [6, 6.07) is 129. The molecule has 17 rings (SSSR count). The maximum atomic E-state index is 2.67. The molecule has 0 fully saturated rings. The standard InChI is InChI=1S/C86H57BN2/c1-8-27-58(28-9-1)65-48-50-79-78(56-65)87-77-49-47-68(83-71-43-24-22-41-66(71)51-67-42-23-25-44-72(67)83)57-82(77)89(86-75(63-37-18-6-19-38-63)54-70(60-31-12-3-13-32-60)55-76(86)64-39-20-7-21-40-64)81-46-26-45-80(84(81)87)88(79)85-73(61-33-14-4-15-34-61)52-69(59-29-10-2-11-30-59)53-74(85)62-35-16-5-17-36-62/h1-57H. The molecule has 0 spiro atoms. The summed E-state index contributed by atoms with van der Waals surface area (Å²) in [6.07, 6.45) is 0. The number of anilines is 6. The fourth-order valence-corrected chi connectivity index (χ4v) is 14.4. The van der Waals surface area contributed by atoms with Crippen LogP contribution in [-0.4, -0.2) is 6.71 Å². The zero-order chi connectivity index (χ0) is 58.8. The van der Waals surface area contributed by atoms with Crippen molar-refractivity contribution in [1.29, 1.82) is 0 Å². The van der Waals surface area contributed by atoms with Gasteiger partial charge in [0.15, 0.2) is 0 Å². The Bertz CT molecular complexity index is 4990. The van der Waals surface area contributed by atoms with Gasteiger partial charge in [0.1, 0.15) is 0 Å². The number of rotatable bonds is 10. The SMILES string of the molecule is c1ccc(-c2ccc3c(c2)B2c4ccc(-c5c6ccccc6cc6ccccc56)cc4N(c4c(-c5ccccc5)cc(-c5ccccc5)cc4-c4ccccc4)c4cccc(c42)N3c2c(-c3ccccc3)cc(-c3ccccc3)cc2-c2ccccc2)cc1. The number of benzene rings is 15. The Labute approximate surface area is 520 Å². The van der Waals surface area contributed by atoms with Crippen molar-refractivity contribution in [3.63, 3.8) is 0 Å². The average Bonchev–Trinajstić information content (AvgIpc) is 0.784. The molecule has 0 radical (unpaired) electrons. The summed E-state index contributed by atoms with van der Waals surface area (Å²) in [7, 11) is 0. The molecule has 2 aliphatic rings. The van der Waals surface area contributed by atoms with Gasteiger partial charge in [0.25, 0.3) is 6.71 Å². The summed E-state index contributed by atoms with van der Waals surface area (Å²) in [5.74, 6) is 0. The van der Waals surface area contributed by atoms with Crippen molar-refractivity contribution in [3.8, 4) is 89.0 Å². The Hall–Kier alpha value is -11.5. The molecule has 2 nitrogen and oxygen atoms in total. The summed E-state index contributed by atoms with van der Waals surface area (Å²) < 4.78 is 0. The van der Waals surface area contributed by atoms with Gasteiger partial charge in [-0.05, 0) is 159 Å². The molecular formula is C86H57BN2. The Morgan fingerprint density at radius 2 is 0.562 bits per heavy atom. The van der Waals surface area contributed by atoms with Crippen LogP contribution in [0.25, 0.3) is 111 Å². The normalized spacial score (nSPS) is 12.2. The first kappa shape index (κ1) is 51.9. The summed E-state index contributed by atoms with van der Waals surface area (Å²) in [5, 5.41) is 4.89. The van der Waals surface area contributed by atoms with Crippen LogP contribution in [0.2, 0.25) is 0 Å². The van der Waals surface area contributed by atoms with Crippen LogP contribution in [0.4, 0.5) is 34.1 Å². The lowest BCUT2D eigenvalue weighted by Gasteiger charge is -2.46. The highest BCUT2D eigenvalue weighted by Crippen LogP contribution is 2.55. The lowest BCUT2D eigenvalue weighted by molar-refractivity contribution is 1.25. The van der Waals surface area contributed by atoms with E-state index in [4.69, 9.17) is 0 Å². The quantitative estimate of drug-likeness (QED) is 0.0995. The fraction of sp³-hybridized carbons (Fsp3) is 0. The molecule has 89 heavy (non-hydrogen) atoms. The molecule has 15 aromatic rings. The maximum absolute atomic E-state index is 2.67. The second-order valence-electron chi connectivity index (χ2n) is 23.5. The second kappa shape index (κ2) is 21.8. The van der Waals surface area contributed by atoms with E-state index in [0.29, 0.717) is 0 Å². The van der Waals surface area contributed by atoms with Crippen LogP contribution >= 0.6 is 0 Å². The van der Waals surface area contributed by atoms with E-state index in [2.05, 4.69) is 356 Å². The molecule has 15 aromatic carbocycles. The molecule has 3 heteroatoms. The van der Waals surface area contributed by atoms with E-state index in [1.165, 1.54) is 65.8 Å². The van der Waals surface area contributed by atoms with E-state index in [-0.39, 0.29) is 6.71 Å². The lowest BCUT2D eigenvalue weighted by Crippen LogP contribution is -2.61. The van der Waals surface area contributed by atoms with Crippen LogP contribution in [0.3, 0.4) is 0 Å². The largest absolute Gasteiger partial charge is 0.310 e. The van der Waals surface area contributed by atoms with Crippen molar-refractivity contribution in [2.75, 3.05) is 9.80 Å². The Kier molecular flexibility index (Phi) is 12.7. The van der Waals surface area contributed by atoms with Gasteiger partial charge in [-0.15, -0.1) is 0 Å². The summed E-state index contributed by atoms with van der Waals surface area (Å²) in [6.45, 7) is -0.187. The van der Waals surface area contributed by atoms with Crippen LogP contribution < -0.4 is 26.2 Å². The van der Waals surface area contributed by atoms with Crippen LogP contribution in [0.1, 0.15) is 0 Å². The minimum atomic E-state index is -0.187. The fourth-order valence-electron chi connectivity index (χ4n) is 14.4. The Morgan fingerprint density at radius 3 is 0.989 bits per heavy atom. The second-order valence-corrected chi connectivity index (χ2v) is 23.5. The highest BCUT2D eigenvalue weighted by molar-refractivity contribution is 7.00. The first-order valence-corrected chi connectivity index (χ1v) is 30.8. The molecule has 0 N–H and O–H groups in total. The topological polar surface area (TPSA) is 6.48 Å². The van der Waals surface area contributed by atoms with Crippen molar-refractivity contribution in [2.24, 2.45) is 0 Å². The zero-order valence-corrected chi connectivity index (χ0v) is 48.9. The smallest absolute Gasteiger partial charge is 0.252 e. The van der Waals surface area contributed by atoms with E-state index in [9.17, 15) is 0 Å². The third-order valence-corrected chi connectivity index (χ3v) is 18.4. The van der Waals surface area contributed by atoms with Gasteiger partial charge in [-0.1, -0.05) is 291 Å². The highest BCUT2D eigenvalue weighted by Gasteiger charge is 2.45. The first-order chi connectivity index (χ1) is 44.2. The van der Waals surface area contributed by atoms with Crippen LogP contribution in [0, 0.1) is 0 Å². The van der Waals surface area contributed by atoms with Gasteiger partial charge in [0.05, 0.1) is 11.4 Å². The maximum Gasteiger partial charge on any atom is 0.252 e. The van der Waals surface area contributed by atoms with E-state index < -0.39 is 0 Å². The van der Waals surface area contributed by atoms with Gasteiger partial charge in [0, 0.05) is 45.0 Å². The van der Waals surface area contributed by atoms with Gasteiger partial charge in [-0.25, -0.2) is 0 Å². The number of hydrogen-bond donors (Lipinski definition) is 0. The monoisotopic (exact) mass is 1130 g/mol. The van der Waals surface area contributed by atoms with Gasteiger partial charge in [-0.2, -0.15) is 0 Å². The molecule has 0 saturated carbocycles. The molecule has 0 aliphatic carbocycles. The zero-order valence-electron chi connectivity index (χ0n) is 48.9. The average molecular weight is 1130 g/mol. The lowest BCUT2D eigenvalue weighted by atomic mass is 9.33. The van der Waals surface area contributed by atoms with E-state index >= 15 is 0 Å². The Balaban J connectivity index is 1.03. The molecular weight excluding hydrogens is 1070 g/mol. The van der Waals surface area contributed by atoms with Crippen molar-refractivity contribution in [1.82, 2.24) is 0 Å². The molecule has 0 atom stereocenters. The predicted molar refractivity (Wildman–Crippen MR) is 379 cm³/mol. The van der Waals surface area contributed by atoms with Crippen molar-refractivity contribution >= 4 is 78.8 Å². The minimum Gasteiger partial charge on any atom is -0.310 e. The number of hydrogen-bond acceptors (Lipinski definition) is 2. The molecule has 414 valence electrons. The van der Waals surface area contributed by atoms with Crippen molar-refractivity contribution < 1.29 is 0 Å². The highest BCUT2D eigenvalue weighted by atomic mass is 15.2. The molecule has 0 amide bonds. The molecule has 0 saturated heterocycles. The van der Waals surface area contributed by atoms with Crippen LogP contribution in [0.15, 0.2) is 346 Å². The van der Waals surface area contributed by atoms with Gasteiger partial charge < -0.3 is 9.80 Å². The molecule has 0 unspecified atom stereocenters. The van der Waals surface area contributed by atoms with Gasteiger partial charge in [0.2, 0.25) is 0 Å². The number of fused-ring (bicyclic) bond motifs is 6. The first-order valence-electron chi connectivity index (χ1n) is 30.8. The van der Waals surface area contributed by atoms with E-state index in [1.807, 2.05) is 0 Å². The van der Waals surface area contributed by atoms with E-state index in [0.717, 1.165) is 95.3 Å². The summed E-state index contributed by atoms with van der Waals surface area (Å²) >= 11 is 0. The Morgan fingerprint density at radius 1 is 0.202 bits per heavy atom.